The fraction of sp³-hybridized carbons (Fsp3) is 0.543. The maximum atomic E-state index is 13.3. The van der Waals surface area contributed by atoms with Crippen LogP contribution in [0.4, 0.5) is 11.5 Å². The summed E-state index contributed by atoms with van der Waals surface area (Å²) in [7, 11) is 2.14. The summed E-state index contributed by atoms with van der Waals surface area (Å²) in [6.45, 7) is 4.71. The number of nitriles is 1. The maximum absolute atomic E-state index is 13.3. The lowest BCUT2D eigenvalue weighted by Crippen LogP contribution is -2.56. The van der Waals surface area contributed by atoms with Crippen molar-refractivity contribution in [2.45, 2.75) is 69.6 Å². The van der Waals surface area contributed by atoms with Crippen molar-refractivity contribution in [3.63, 3.8) is 0 Å². The number of carbonyl (C=O) groups is 1. The number of likely N-dealkylation sites (N-methyl/N-ethyl adjacent to an activating group) is 1. The smallest absolute Gasteiger partial charge is 0.318 e. The number of likely N-dealkylation sites (tertiary alicyclic amines) is 1. The number of nitrogens with zero attached hydrogens (tertiary/aromatic N) is 7. The standard InChI is InChI=1S/C35H43ClN8O2/c1-41-15-4-7-26(41)22-46-35-39-30-21-42(31-9-3-6-24-5-2-8-28(36)33(24)31)16-13-27(30)34(40-35)43-17-18-44(25(20-43)12-14-37)32(45)19-29(38)23-10-11-23/h2-3,5-6,8-9,23,25-26,29H,4,7,10-13,15-22,38H2,1H3/t25-,26-,29-/m0/s1. The van der Waals surface area contributed by atoms with E-state index >= 15 is 0 Å². The van der Waals surface area contributed by atoms with E-state index in [1.165, 1.54) is 0 Å². The van der Waals surface area contributed by atoms with Gasteiger partial charge in [0.2, 0.25) is 5.91 Å². The Labute approximate surface area is 276 Å². The van der Waals surface area contributed by atoms with Crippen LogP contribution >= 0.6 is 11.6 Å². The third-order valence-electron chi connectivity index (χ3n) is 10.3. The zero-order valence-corrected chi connectivity index (χ0v) is 27.3. The Bertz CT molecular complexity index is 1640. The van der Waals surface area contributed by atoms with Gasteiger partial charge in [-0.2, -0.15) is 15.2 Å². The first-order valence-corrected chi connectivity index (χ1v) is 17.1. The molecule has 7 rings (SSSR count). The van der Waals surface area contributed by atoms with E-state index in [0.717, 1.165) is 83.8 Å². The number of hydrogen-bond acceptors (Lipinski definition) is 9. The molecule has 46 heavy (non-hydrogen) atoms. The molecular formula is C35H43ClN8O2. The molecule has 3 aliphatic heterocycles. The minimum Gasteiger partial charge on any atom is -0.462 e. The third kappa shape index (κ3) is 6.33. The molecule has 3 atom stereocenters. The molecule has 1 aromatic heterocycles. The molecule has 1 aliphatic carbocycles. The number of rotatable bonds is 9. The molecule has 2 saturated heterocycles. The lowest BCUT2D eigenvalue weighted by Gasteiger charge is -2.43. The summed E-state index contributed by atoms with van der Waals surface area (Å²) in [5.41, 5.74) is 9.47. The highest BCUT2D eigenvalue weighted by atomic mass is 35.5. The average Bonchev–Trinajstić information content (AvgIpc) is 3.84. The van der Waals surface area contributed by atoms with E-state index in [1.807, 2.05) is 17.0 Å². The molecule has 3 aromatic rings. The van der Waals surface area contributed by atoms with E-state index in [0.29, 0.717) is 57.2 Å². The molecule has 11 heteroatoms. The predicted octanol–water partition coefficient (Wildman–Crippen LogP) is 4.38. The SMILES string of the molecule is CN1CCC[C@H]1COc1nc2c(c(N3CCN(C(=O)C[C@H](N)C4CC4)[C@@H](CC#N)C3)n1)CCN(c1cccc3cccc(Cl)c13)C2. The fourth-order valence-electron chi connectivity index (χ4n) is 7.49. The first-order chi connectivity index (χ1) is 22.4. The number of aromatic nitrogens is 2. The van der Waals surface area contributed by atoms with E-state index in [4.69, 9.17) is 32.0 Å². The van der Waals surface area contributed by atoms with Crippen molar-refractivity contribution in [3.05, 3.63) is 52.7 Å². The number of piperazine rings is 1. The van der Waals surface area contributed by atoms with Crippen molar-refractivity contribution in [2.75, 3.05) is 56.2 Å². The molecule has 242 valence electrons. The van der Waals surface area contributed by atoms with Crippen LogP contribution in [0.25, 0.3) is 10.8 Å². The van der Waals surface area contributed by atoms with E-state index in [2.05, 4.69) is 52.1 Å². The normalized spacial score (nSPS) is 22.5. The lowest BCUT2D eigenvalue weighted by molar-refractivity contribution is -0.134. The highest BCUT2D eigenvalue weighted by molar-refractivity contribution is 6.36. The zero-order valence-electron chi connectivity index (χ0n) is 26.6. The molecule has 2 aromatic carbocycles. The van der Waals surface area contributed by atoms with Crippen molar-refractivity contribution in [1.82, 2.24) is 19.8 Å². The van der Waals surface area contributed by atoms with Crippen LogP contribution in [0.1, 0.15) is 49.8 Å². The number of ether oxygens (including phenoxy) is 1. The van der Waals surface area contributed by atoms with Gasteiger partial charge in [0.15, 0.2) is 0 Å². The number of amides is 1. The number of hydrogen-bond donors (Lipinski definition) is 1. The molecule has 0 spiro atoms. The fourth-order valence-corrected chi connectivity index (χ4v) is 7.77. The van der Waals surface area contributed by atoms with Crippen LogP contribution < -0.4 is 20.3 Å². The molecule has 1 saturated carbocycles. The number of anilines is 2. The van der Waals surface area contributed by atoms with E-state index in [9.17, 15) is 10.1 Å². The monoisotopic (exact) mass is 642 g/mol. The van der Waals surface area contributed by atoms with Crippen LogP contribution in [0.5, 0.6) is 6.01 Å². The van der Waals surface area contributed by atoms with Gasteiger partial charge in [-0.1, -0.05) is 35.9 Å². The molecule has 3 fully saturated rings. The third-order valence-corrected chi connectivity index (χ3v) is 10.7. The van der Waals surface area contributed by atoms with E-state index in [-0.39, 0.29) is 24.4 Å². The molecule has 4 aliphatic rings. The van der Waals surface area contributed by atoms with Crippen molar-refractivity contribution in [3.8, 4) is 12.1 Å². The summed E-state index contributed by atoms with van der Waals surface area (Å²) in [6, 6.07) is 15.1. The molecule has 2 N–H and O–H groups in total. The second kappa shape index (κ2) is 13.2. The van der Waals surface area contributed by atoms with Gasteiger partial charge in [-0.15, -0.1) is 0 Å². The largest absolute Gasteiger partial charge is 0.462 e. The summed E-state index contributed by atoms with van der Waals surface area (Å²) < 4.78 is 6.33. The summed E-state index contributed by atoms with van der Waals surface area (Å²) in [5.74, 6) is 1.37. The topological polar surface area (TPSA) is 115 Å². The Kier molecular flexibility index (Phi) is 8.90. The van der Waals surface area contributed by atoms with Gasteiger partial charge in [-0.25, -0.2) is 0 Å². The van der Waals surface area contributed by atoms with E-state index < -0.39 is 0 Å². The Hall–Kier alpha value is -3.65. The van der Waals surface area contributed by atoms with Crippen LogP contribution in [0.2, 0.25) is 5.02 Å². The van der Waals surface area contributed by atoms with Gasteiger partial charge in [0.1, 0.15) is 12.4 Å². The van der Waals surface area contributed by atoms with Crippen LogP contribution in [0.15, 0.2) is 36.4 Å². The van der Waals surface area contributed by atoms with Crippen molar-refractivity contribution >= 4 is 39.8 Å². The van der Waals surface area contributed by atoms with Crippen molar-refractivity contribution in [2.24, 2.45) is 11.7 Å². The molecular weight excluding hydrogens is 600 g/mol. The highest BCUT2D eigenvalue weighted by Crippen LogP contribution is 2.38. The van der Waals surface area contributed by atoms with Gasteiger partial charge in [0.25, 0.3) is 0 Å². The highest BCUT2D eigenvalue weighted by Gasteiger charge is 2.37. The average molecular weight is 643 g/mol. The van der Waals surface area contributed by atoms with Gasteiger partial charge in [0, 0.05) is 61.3 Å². The minimum absolute atomic E-state index is 0.0538. The number of benzene rings is 2. The molecule has 10 nitrogen and oxygen atoms in total. The van der Waals surface area contributed by atoms with Gasteiger partial charge >= 0.3 is 6.01 Å². The van der Waals surface area contributed by atoms with Gasteiger partial charge < -0.3 is 30.1 Å². The quantitative estimate of drug-likeness (QED) is 0.363. The second-order valence-electron chi connectivity index (χ2n) is 13.4. The summed E-state index contributed by atoms with van der Waals surface area (Å²) in [6.07, 6.45) is 5.84. The minimum atomic E-state index is -0.224. The second-order valence-corrected chi connectivity index (χ2v) is 13.8. The van der Waals surface area contributed by atoms with Crippen molar-refractivity contribution < 1.29 is 9.53 Å². The summed E-state index contributed by atoms with van der Waals surface area (Å²) in [4.78, 5) is 32.2. The van der Waals surface area contributed by atoms with Gasteiger partial charge in [-0.3, -0.25) is 4.79 Å². The Morgan fingerprint density at radius 2 is 1.91 bits per heavy atom. The first kappa shape index (κ1) is 31.0. The molecule has 0 radical (unpaired) electrons. The lowest BCUT2D eigenvalue weighted by atomic mass is 10.0. The number of halogens is 1. The van der Waals surface area contributed by atoms with Crippen LogP contribution in [0.3, 0.4) is 0 Å². The first-order valence-electron chi connectivity index (χ1n) is 16.7. The van der Waals surface area contributed by atoms with Crippen LogP contribution in [0, 0.1) is 17.2 Å². The Balaban J connectivity index is 1.18. The van der Waals surface area contributed by atoms with Crippen LogP contribution in [-0.4, -0.2) is 90.2 Å². The molecule has 0 bridgehead atoms. The van der Waals surface area contributed by atoms with Gasteiger partial charge in [0.05, 0.1) is 35.8 Å². The predicted molar refractivity (Wildman–Crippen MR) is 180 cm³/mol. The molecule has 1 amide bonds. The zero-order chi connectivity index (χ0) is 31.8. The van der Waals surface area contributed by atoms with Gasteiger partial charge in [-0.05, 0) is 69.1 Å². The van der Waals surface area contributed by atoms with Crippen LogP contribution in [-0.2, 0) is 17.8 Å². The Morgan fingerprint density at radius 1 is 1.09 bits per heavy atom. The van der Waals surface area contributed by atoms with E-state index in [1.54, 1.807) is 0 Å². The molecule has 4 heterocycles. The number of nitrogens with two attached hydrogens (primary N) is 1. The Morgan fingerprint density at radius 3 is 2.67 bits per heavy atom. The maximum Gasteiger partial charge on any atom is 0.318 e. The van der Waals surface area contributed by atoms with Crippen molar-refractivity contribution in [1.29, 1.82) is 5.26 Å². The number of fused-ring (bicyclic) bond motifs is 2. The summed E-state index contributed by atoms with van der Waals surface area (Å²) >= 11 is 6.73. The summed E-state index contributed by atoms with van der Waals surface area (Å²) in [5, 5.41) is 12.6. The molecule has 0 unspecified atom stereocenters. The number of carbonyl (C=O) groups excluding carboxylic acids is 1.